The summed E-state index contributed by atoms with van der Waals surface area (Å²) in [7, 11) is 0. The third kappa shape index (κ3) is 3.55. The average Bonchev–Trinajstić information content (AvgIpc) is 2.27. The molecular formula is C13H15FO4. The molecular weight excluding hydrogens is 239 g/mol. The standard InChI is InChI=1S/C13H15FO4/c1-3-18-13(17)11(12(15)16)7-9-4-5-10(14)6-8(9)2/h4-6,11H,3,7H2,1-2H3,(H,15,16). The van der Waals surface area contributed by atoms with Gasteiger partial charge in [0.15, 0.2) is 5.92 Å². The normalized spacial score (nSPS) is 11.9. The summed E-state index contributed by atoms with van der Waals surface area (Å²) in [6, 6.07) is 4.03. The Balaban J connectivity index is 2.90. The molecule has 4 nitrogen and oxygen atoms in total. The molecule has 0 radical (unpaired) electrons. The van der Waals surface area contributed by atoms with Crippen molar-refractivity contribution in [2.24, 2.45) is 5.92 Å². The molecule has 0 aliphatic carbocycles. The molecule has 0 spiro atoms. The zero-order valence-corrected chi connectivity index (χ0v) is 10.3. The van der Waals surface area contributed by atoms with Crippen LogP contribution in [0.2, 0.25) is 0 Å². The summed E-state index contributed by atoms with van der Waals surface area (Å²) in [4.78, 5) is 22.5. The van der Waals surface area contributed by atoms with Crippen LogP contribution in [-0.2, 0) is 20.7 Å². The number of rotatable bonds is 5. The highest BCUT2D eigenvalue weighted by Crippen LogP contribution is 2.16. The van der Waals surface area contributed by atoms with Crippen LogP contribution >= 0.6 is 0 Å². The number of esters is 1. The summed E-state index contributed by atoms with van der Waals surface area (Å²) >= 11 is 0. The maximum Gasteiger partial charge on any atom is 0.320 e. The number of carboxylic acid groups (broad SMARTS) is 1. The van der Waals surface area contributed by atoms with Crippen LogP contribution in [0.3, 0.4) is 0 Å². The van der Waals surface area contributed by atoms with Gasteiger partial charge in [0.25, 0.3) is 0 Å². The van der Waals surface area contributed by atoms with Crippen molar-refractivity contribution in [1.82, 2.24) is 0 Å². The molecule has 0 aliphatic heterocycles. The number of aliphatic carboxylic acids is 1. The Hall–Kier alpha value is -1.91. The van der Waals surface area contributed by atoms with Gasteiger partial charge in [-0.05, 0) is 43.5 Å². The molecule has 0 fully saturated rings. The molecule has 0 aliphatic rings. The van der Waals surface area contributed by atoms with Crippen LogP contribution < -0.4 is 0 Å². The molecule has 1 unspecified atom stereocenters. The Bertz CT molecular complexity index is 456. The number of ether oxygens (including phenoxy) is 1. The number of carbonyl (C=O) groups is 2. The van der Waals surface area contributed by atoms with E-state index in [1.807, 2.05) is 0 Å². The molecule has 0 saturated carbocycles. The fourth-order valence-electron chi connectivity index (χ4n) is 1.62. The van der Waals surface area contributed by atoms with Crippen LogP contribution in [0, 0.1) is 18.7 Å². The first-order valence-electron chi connectivity index (χ1n) is 5.60. The average molecular weight is 254 g/mol. The van der Waals surface area contributed by atoms with Gasteiger partial charge in [0, 0.05) is 0 Å². The summed E-state index contributed by atoms with van der Waals surface area (Å²) in [5, 5.41) is 9.00. The molecule has 0 amide bonds. The molecule has 98 valence electrons. The van der Waals surface area contributed by atoms with Crippen LogP contribution in [0.4, 0.5) is 4.39 Å². The van der Waals surface area contributed by atoms with E-state index in [-0.39, 0.29) is 18.8 Å². The molecule has 1 rings (SSSR count). The van der Waals surface area contributed by atoms with E-state index in [9.17, 15) is 14.0 Å². The van der Waals surface area contributed by atoms with Gasteiger partial charge in [0.05, 0.1) is 6.61 Å². The maximum atomic E-state index is 12.9. The van der Waals surface area contributed by atoms with Crippen molar-refractivity contribution in [3.8, 4) is 0 Å². The Morgan fingerprint density at radius 3 is 2.61 bits per heavy atom. The number of carboxylic acids is 1. The lowest BCUT2D eigenvalue weighted by molar-refractivity contribution is -0.158. The lowest BCUT2D eigenvalue weighted by Gasteiger charge is -2.12. The predicted octanol–water partition coefficient (Wildman–Crippen LogP) is 1.94. The largest absolute Gasteiger partial charge is 0.481 e. The zero-order chi connectivity index (χ0) is 13.7. The lowest BCUT2D eigenvalue weighted by atomic mass is 9.96. The van der Waals surface area contributed by atoms with E-state index in [1.165, 1.54) is 18.2 Å². The van der Waals surface area contributed by atoms with Crippen molar-refractivity contribution in [3.05, 3.63) is 35.1 Å². The van der Waals surface area contributed by atoms with Crippen LogP contribution in [0.25, 0.3) is 0 Å². The van der Waals surface area contributed by atoms with E-state index in [0.29, 0.717) is 11.1 Å². The molecule has 0 heterocycles. The van der Waals surface area contributed by atoms with E-state index in [2.05, 4.69) is 0 Å². The van der Waals surface area contributed by atoms with E-state index < -0.39 is 17.9 Å². The number of aryl methyl sites for hydroxylation is 1. The Labute approximate surface area is 104 Å². The minimum Gasteiger partial charge on any atom is -0.481 e. The highest BCUT2D eigenvalue weighted by Gasteiger charge is 2.28. The van der Waals surface area contributed by atoms with Gasteiger partial charge in [-0.15, -0.1) is 0 Å². The van der Waals surface area contributed by atoms with Crippen LogP contribution in [0.15, 0.2) is 18.2 Å². The van der Waals surface area contributed by atoms with Crippen LogP contribution in [-0.4, -0.2) is 23.7 Å². The van der Waals surface area contributed by atoms with Crippen molar-refractivity contribution in [2.45, 2.75) is 20.3 Å². The highest BCUT2D eigenvalue weighted by atomic mass is 19.1. The summed E-state index contributed by atoms with van der Waals surface area (Å²) < 4.78 is 17.6. The third-order valence-corrected chi connectivity index (χ3v) is 2.60. The monoisotopic (exact) mass is 254 g/mol. The number of halogens is 1. The summed E-state index contributed by atoms with van der Waals surface area (Å²) in [6.45, 7) is 3.41. The van der Waals surface area contributed by atoms with Gasteiger partial charge < -0.3 is 9.84 Å². The first-order chi connectivity index (χ1) is 8.45. The van der Waals surface area contributed by atoms with Crippen molar-refractivity contribution >= 4 is 11.9 Å². The van der Waals surface area contributed by atoms with Gasteiger partial charge in [-0.2, -0.15) is 0 Å². The van der Waals surface area contributed by atoms with Gasteiger partial charge in [-0.1, -0.05) is 6.07 Å². The van der Waals surface area contributed by atoms with Crippen molar-refractivity contribution < 1.29 is 23.8 Å². The van der Waals surface area contributed by atoms with E-state index in [1.54, 1.807) is 13.8 Å². The maximum absolute atomic E-state index is 12.9. The SMILES string of the molecule is CCOC(=O)C(Cc1ccc(F)cc1C)C(=O)O. The molecule has 1 atom stereocenters. The number of hydrogen-bond donors (Lipinski definition) is 1. The van der Waals surface area contributed by atoms with E-state index >= 15 is 0 Å². The summed E-state index contributed by atoms with van der Waals surface area (Å²) in [5.41, 5.74) is 1.24. The van der Waals surface area contributed by atoms with Crippen molar-refractivity contribution in [1.29, 1.82) is 0 Å². The molecule has 0 aromatic heterocycles. The smallest absolute Gasteiger partial charge is 0.320 e. The number of hydrogen-bond acceptors (Lipinski definition) is 3. The fourth-order valence-corrected chi connectivity index (χ4v) is 1.62. The van der Waals surface area contributed by atoms with Crippen molar-refractivity contribution in [2.75, 3.05) is 6.61 Å². The first-order valence-corrected chi connectivity index (χ1v) is 5.60. The van der Waals surface area contributed by atoms with Gasteiger partial charge >= 0.3 is 11.9 Å². The molecule has 1 N–H and O–H groups in total. The van der Waals surface area contributed by atoms with Gasteiger partial charge in [-0.3, -0.25) is 9.59 Å². The summed E-state index contributed by atoms with van der Waals surface area (Å²) in [5.74, 6) is -3.65. The number of carbonyl (C=O) groups excluding carboxylic acids is 1. The minimum absolute atomic E-state index is 0.000278. The zero-order valence-electron chi connectivity index (χ0n) is 10.3. The Morgan fingerprint density at radius 1 is 1.44 bits per heavy atom. The van der Waals surface area contributed by atoms with Crippen LogP contribution in [0.1, 0.15) is 18.1 Å². The molecule has 5 heteroatoms. The third-order valence-electron chi connectivity index (χ3n) is 2.60. The fraction of sp³-hybridized carbons (Fsp3) is 0.385. The molecule has 0 saturated heterocycles. The number of benzene rings is 1. The molecule has 1 aromatic carbocycles. The van der Waals surface area contributed by atoms with E-state index in [0.717, 1.165) is 0 Å². The Kier molecular flexibility index (Phi) is 4.83. The van der Waals surface area contributed by atoms with Gasteiger partial charge in [0.2, 0.25) is 0 Å². The van der Waals surface area contributed by atoms with Gasteiger partial charge in [-0.25, -0.2) is 4.39 Å². The quantitative estimate of drug-likeness (QED) is 0.644. The second-order valence-corrected chi connectivity index (χ2v) is 3.92. The first kappa shape index (κ1) is 14.2. The molecule has 0 bridgehead atoms. The summed E-state index contributed by atoms with van der Waals surface area (Å²) in [6.07, 6.45) is 0.000278. The van der Waals surface area contributed by atoms with Crippen molar-refractivity contribution in [3.63, 3.8) is 0 Å². The van der Waals surface area contributed by atoms with Gasteiger partial charge in [0.1, 0.15) is 5.82 Å². The predicted molar refractivity (Wildman–Crippen MR) is 62.6 cm³/mol. The molecule has 1 aromatic rings. The second-order valence-electron chi connectivity index (χ2n) is 3.92. The topological polar surface area (TPSA) is 63.6 Å². The van der Waals surface area contributed by atoms with Crippen LogP contribution in [0.5, 0.6) is 0 Å². The minimum atomic E-state index is -1.26. The lowest BCUT2D eigenvalue weighted by Crippen LogP contribution is -2.28. The highest BCUT2D eigenvalue weighted by molar-refractivity contribution is 5.94. The Morgan fingerprint density at radius 2 is 2.11 bits per heavy atom. The second kappa shape index (κ2) is 6.14. The molecule has 18 heavy (non-hydrogen) atoms. The van der Waals surface area contributed by atoms with E-state index in [4.69, 9.17) is 9.84 Å².